The standard InChI is InChI=1S/C21H24N2O2/c1-14(2)17-11-7-8-15(3)18(17)23-20(25)21(12-13-21)19(24)22-16-9-5-4-6-10-16/h4-11,14H,12-13H2,1-3H3,(H,22,24)(H,23,25). The van der Waals surface area contributed by atoms with E-state index in [0.717, 1.165) is 16.8 Å². The molecule has 1 aliphatic carbocycles. The molecule has 3 rings (SSSR count). The van der Waals surface area contributed by atoms with Crippen molar-refractivity contribution in [2.24, 2.45) is 5.41 Å². The number of amides is 2. The Morgan fingerprint density at radius 3 is 2.16 bits per heavy atom. The molecule has 1 fully saturated rings. The Bertz CT molecular complexity index is 793. The van der Waals surface area contributed by atoms with Crippen molar-refractivity contribution in [1.82, 2.24) is 0 Å². The highest BCUT2D eigenvalue weighted by Gasteiger charge is 2.56. The second-order valence-electron chi connectivity index (χ2n) is 7.05. The molecule has 0 spiro atoms. The number of hydrogen-bond acceptors (Lipinski definition) is 2. The molecule has 2 N–H and O–H groups in total. The normalized spacial score (nSPS) is 14.9. The molecule has 0 aromatic heterocycles. The van der Waals surface area contributed by atoms with Gasteiger partial charge >= 0.3 is 0 Å². The quantitative estimate of drug-likeness (QED) is 0.791. The van der Waals surface area contributed by atoms with Gasteiger partial charge in [0.2, 0.25) is 11.8 Å². The SMILES string of the molecule is Cc1cccc(C(C)C)c1NC(=O)C1(C(=O)Nc2ccccc2)CC1. The Morgan fingerprint density at radius 1 is 0.920 bits per heavy atom. The number of benzene rings is 2. The fourth-order valence-electron chi connectivity index (χ4n) is 3.03. The van der Waals surface area contributed by atoms with Gasteiger partial charge in [-0.05, 0) is 48.9 Å². The van der Waals surface area contributed by atoms with E-state index in [1.807, 2.05) is 55.5 Å². The van der Waals surface area contributed by atoms with Gasteiger partial charge < -0.3 is 10.6 Å². The van der Waals surface area contributed by atoms with Gasteiger partial charge in [-0.15, -0.1) is 0 Å². The van der Waals surface area contributed by atoms with Crippen molar-refractivity contribution >= 4 is 23.2 Å². The number of para-hydroxylation sites is 2. The van der Waals surface area contributed by atoms with Crippen LogP contribution < -0.4 is 10.6 Å². The number of anilines is 2. The summed E-state index contributed by atoms with van der Waals surface area (Å²) in [5, 5.41) is 5.89. The Labute approximate surface area is 148 Å². The van der Waals surface area contributed by atoms with E-state index in [1.54, 1.807) is 0 Å². The van der Waals surface area contributed by atoms with Crippen LogP contribution in [0.1, 0.15) is 43.7 Å². The summed E-state index contributed by atoms with van der Waals surface area (Å²) in [4.78, 5) is 25.5. The van der Waals surface area contributed by atoms with Crippen LogP contribution in [0.3, 0.4) is 0 Å². The number of nitrogens with one attached hydrogen (secondary N) is 2. The molecule has 0 unspecified atom stereocenters. The zero-order valence-electron chi connectivity index (χ0n) is 14.9. The molecule has 0 heterocycles. The summed E-state index contributed by atoms with van der Waals surface area (Å²) >= 11 is 0. The van der Waals surface area contributed by atoms with Crippen molar-refractivity contribution in [3.8, 4) is 0 Å². The van der Waals surface area contributed by atoms with Gasteiger partial charge in [0.15, 0.2) is 0 Å². The molecular formula is C21H24N2O2. The van der Waals surface area contributed by atoms with Crippen molar-refractivity contribution in [2.75, 3.05) is 10.6 Å². The molecule has 1 saturated carbocycles. The molecule has 0 bridgehead atoms. The number of aryl methyl sites for hydroxylation is 1. The summed E-state index contributed by atoms with van der Waals surface area (Å²) in [6.45, 7) is 6.17. The van der Waals surface area contributed by atoms with Gasteiger partial charge in [-0.1, -0.05) is 50.2 Å². The van der Waals surface area contributed by atoms with Crippen LogP contribution in [-0.2, 0) is 9.59 Å². The van der Waals surface area contributed by atoms with E-state index in [-0.39, 0.29) is 11.8 Å². The van der Waals surface area contributed by atoms with E-state index in [2.05, 4.69) is 24.5 Å². The lowest BCUT2D eigenvalue weighted by molar-refractivity contribution is -0.131. The van der Waals surface area contributed by atoms with Gasteiger partial charge in [-0.3, -0.25) is 9.59 Å². The van der Waals surface area contributed by atoms with E-state index in [4.69, 9.17) is 0 Å². The van der Waals surface area contributed by atoms with Gasteiger partial charge in [0.05, 0.1) is 0 Å². The molecule has 0 atom stereocenters. The Hall–Kier alpha value is -2.62. The lowest BCUT2D eigenvalue weighted by atomic mass is 9.97. The van der Waals surface area contributed by atoms with E-state index >= 15 is 0 Å². The molecular weight excluding hydrogens is 312 g/mol. The molecule has 2 amide bonds. The molecule has 0 aliphatic heterocycles. The van der Waals surface area contributed by atoms with Crippen LogP contribution in [0.2, 0.25) is 0 Å². The first-order valence-corrected chi connectivity index (χ1v) is 8.71. The second kappa shape index (κ2) is 6.71. The summed E-state index contributed by atoms with van der Waals surface area (Å²) in [6.07, 6.45) is 1.17. The Morgan fingerprint density at radius 2 is 1.56 bits per heavy atom. The highest BCUT2D eigenvalue weighted by molar-refractivity contribution is 6.17. The number of carbonyl (C=O) groups is 2. The number of carbonyl (C=O) groups excluding carboxylic acids is 2. The van der Waals surface area contributed by atoms with E-state index < -0.39 is 5.41 Å². The molecule has 4 nitrogen and oxygen atoms in total. The zero-order valence-corrected chi connectivity index (χ0v) is 14.9. The minimum Gasteiger partial charge on any atom is -0.325 e. The average Bonchev–Trinajstić information content (AvgIpc) is 3.39. The summed E-state index contributed by atoms with van der Waals surface area (Å²) in [7, 11) is 0. The summed E-state index contributed by atoms with van der Waals surface area (Å²) < 4.78 is 0. The fraction of sp³-hybridized carbons (Fsp3) is 0.333. The van der Waals surface area contributed by atoms with Crippen LogP contribution in [-0.4, -0.2) is 11.8 Å². The van der Waals surface area contributed by atoms with Gasteiger partial charge in [-0.25, -0.2) is 0 Å². The predicted octanol–water partition coefficient (Wildman–Crippen LogP) is 4.48. The summed E-state index contributed by atoms with van der Waals surface area (Å²) in [5.74, 6) is -0.142. The van der Waals surface area contributed by atoms with Crippen LogP contribution in [0.15, 0.2) is 48.5 Å². The molecule has 2 aromatic carbocycles. The van der Waals surface area contributed by atoms with Gasteiger partial charge in [0, 0.05) is 11.4 Å². The maximum atomic E-state index is 12.9. The van der Waals surface area contributed by atoms with Crippen molar-refractivity contribution in [3.05, 3.63) is 59.7 Å². The third kappa shape index (κ3) is 3.43. The van der Waals surface area contributed by atoms with E-state index in [1.165, 1.54) is 0 Å². The van der Waals surface area contributed by atoms with Crippen molar-refractivity contribution in [3.63, 3.8) is 0 Å². The molecule has 1 aliphatic rings. The van der Waals surface area contributed by atoms with Crippen molar-refractivity contribution in [1.29, 1.82) is 0 Å². The molecule has 4 heteroatoms. The van der Waals surface area contributed by atoms with Crippen LogP contribution in [0.25, 0.3) is 0 Å². The smallest absolute Gasteiger partial charge is 0.240 e. The topological polar surface area (TPSA) is 58.2 Å². The first kappa shape index (κ1) is 17.2. The van der Waals surface area contributed by atoms with Crippen LogP contribution in [0, 0.1) is 12.3 Å². The van der Waals surface area contributed by atoms with Gasteiger partial charge in [0.25, 0.3) is 0 Å². The highest BCUT2D eigenvalue weighted by Crippen LogP contribution is 2.48. The third-order valence-corrected chi connectivity index (χ3v) is 4.82. The zero-order chi connectivity index (χ0) is 18.0. The Kier molecular flexibility index (Phi) is 4.62. The molecule has 0 radical (unpaired) electrons. The van der Waals surface area contributed by atoms with Gasteiger partial charge in [-0.2, -0.15) is 0 Å². The average molecular weight is 336 g/mol. The summed E-state index contributed by atoms with van der Waals surface area (Å²) in [6, 6.07) is 15.3. The van der Waals surface area contributed by atoms with Crippen LogP contribution >= 0.6 is 0 Å². The highest BCUT2D eigenvalue weighted by atomic mass is 16.2. The van der Waals surface area contributed by atoms with Crippen molar-refractivity contribution < 1.29 is 9.59 Å². The first-order valence-electron chi connectivity index (χ1n) is 8.71. The van der Waals surface area contributed by atoms with Crippen LogP contribution in [0.4, 0.5) is 11.4 Å². The lowest BCUT2D eigenvalue weighted by Crippen LogP contribution is -2.36. The van der Waals surface area contributed by atoms with E-state index in [0.29, 0.717) is 24.4 Å². The third-order valence-electron chi connectivity index (χ3n) is 4.82. The fourth-order valence-corrected chi connectivity index (χ4v) is 3.03. The summed E-state index contributed by atoms with van der Waals surface area (Å²) in [5.41, 5.74) is 2.70. The number of hydrogen-bond donors (Lipinski definition) is 2. The van der Waals surface area contributed by atoms with Gasteiger partial charge in [0.1, 0.15) is 5.41 Å². The minimum atomic E-state index is -0.952. The number of rotatable bonds is 5. The maximum Gasteiger partial charge on any atom is 0.240 e. The van der Waals surface area contributed by atoms with Crippen LogP contribution in [0.5, 0.6) is 0 Å². The lowest BCUT2D eigenvalue weighted by Gasteiger charge is -2.20. The maximum absolute atomic E-state index is 12.9. The minimum absolute atomic E-state index is 0.211. The Balaban J connectivity index is 1.79. The predicted molar refractivity (Wildman–Crippen MR) is 101 cm³/mol. The molecule has 25 heavy (non-hydrogen) atoms. The monoisotopic (exact) mass is 336 g/mol. The first-order chi connectivity index (χ1) is 11.9. The van der Waals surface area contributed by atoms with E-state index in [9.17, 15) is 9.59 Å². The largest absolute Gasteiger partial charge is 0.325 e. The molecule has 130 valence electrons. The molecule has 2 aromatic rings. The second-order valence-corrected chi connectivity index (χ2v) is 7.05. The molecule has 0 saturated heterocycles. The van der Waals surface area contributed by atoms with Crippen molar-refractivity contribution in [2.45, 2.75) is 39.5 Å².